The largest absolute Gasteiger partial charge is 0.507 e. The first-order valence-electron chi connectivity index (χ1n) is 16.8. The maximum Gasteiger partial charge on any atom is 0.347 e. The molecule has 0 aliphatic carbocycles. The van der Waals surface area contributed by atoms with Crippen LogP contribution in [0.5, 0.6) is 23.0 Å². The molecule has 8 N–H and O–H groups in total. The fourth-order valence-electron chi connectivity index (χ4n) is 5.60. The number of unbranched alkanes of at least 4 members (excludes halogenated alkanes) is 2. The molecule has 1 aliphatic heterocycles. The first-order valence-corrected chi connectivity index (χ1v) is 16.8. The Bertz CT molecular complexity index is 1570. The van der Waals surface area contributed by atoms with Crippen LogP contribution < -0.4 is 4.74 Å². The van der Waals surface area contributed by atoms with E-state index in [9.17, 15) is 50.4 Å². The summed E-state index contributed by atoms with van der Waals surface area (Å²) in [4.78, 5) is 25.8. The standard InChI is InChI=1S/C38H48O12/c1-3-5-7-9-11-13-15-17-23-19-25(21-27(41)29(23)37(46)47)49-38(48)30-24(18-16-14-12-10-8-6-4-2)20-26(40)31(33(30)43)36-35(45)34(44)32(42)28(22-39)50-36/h7-14,19-21,28,32,34-36,39-45H,3-6,15-18,22H2,1-2H3,(H,46,47)/t28-,32-,34+,35-,36+/m0/s1. The summed E-state index contributed by atoms with van der Waals surface area (Å²) in [5.74, 6) is -4.79. The van der Waals surface area contributed by atoms with Gasteiger partial charge in [0.05, 0.1) is 12.2 Å². The summed E-state index contributed by atoms with van der Waals surface area (Å²) >= 11 is 0. The van der Waals surface area contributed by atoms with Gasteiger partial charge in [-0.15, -0.1) is 0 Å². The van der Waals surface area contributed by atoms with Gasteiger partial charge in [0.2, 0.25) is 0 Å². The Kier molecular flexibility index (Phi) is 15.7. The van der Waals surface area contributed by atoms with Crippen molar-refractivity contribution in [3.05, 3.63) is 94.6 Å². The number of allylic oxidation sites excluding steroid dienone is 8. The molecule has 1 saturated heterocycles. The third kappa shape index (κ3) is 10.3. The summed E-state index contributed by atoms with van der Waals surface area (Å²) in [5.41, 5.74) is -0.915. The molecular weight excluding hydrogens is 648 g/mol. The normalized spacial score (nSPS) is 21.2. The number of aliphatic hydroxyl groups is 4. The fraction of sp³-hybridized carbons (Fsp3) is 0.421. The Morgan fingerprint density at radius 1 is 0.740 bits per heavy atom. The van der Waals surface area contributed by atoms with Gasteiger partial charge in [-0.2, -0.15) is 0 Å². The first-order chi connectivity index (χ1) is 24.0. The minimum Gasteiger partial charge on any atom is -0.507 e. The van der Waals surface area contributed by atoms with Crippen LogP contribution >= 0.6 is 0 Å². The molecular formula is C38H48O12. The van der Waals surface area contributed by atoms with Crippen LogP contribution in [0.1, 0.15) is 95.9 Å². The number of rotatable bonds is 17. The number of aromatic hydroxyl groups is 3. The van der Waals surface area contributed by atoms with Gasteiger partial charge < -0.3 is 50.3 Å². The zero-order chi connectivity index (χ0) is 36.8. The van der Waals surface area contributed by atoms with E-state index in [-0.39, 0.29) is 35.3 Å². The molecule has 272 valence electrons. The van der Waals surface area contributed by atoms with E-state index >= 15 is 0 Å². The molecule has 0 aromatic heterocycles. The third-order valence-corrected chi connectivity index (χ3v) is 8.22. The summed E-state index contributed by atoms with van der Waals surface area (Å²) in [7, 11) is 0. The molecule has 2 aromatic rings. The molecule has 0 saturated carbocycles. The number of phenols is 3. The Morgan fingerprint density at radius 3 is 1.80 bits per heavy atom. The summed E-state index contributed by atoms with van der Waals surface area (Å²) < 4.78 is 11.1. The molecule has 1 heterocycles. The van der Waals surface area contributed by atoms with E-state index in [1.807, 2.05) is 48.6 Å². The second-order valence-corrected chi connectivity index (χ2v) is 12.0. The van der Waals surface area contributed by atoms with Crippen molar-refractivity contribution in [3.8, 4) is 23.0 Å². The van der Waals surface area contributed by atoms with Crippen LogP contribution in [0.15, 0.2) is 66.8 Å². The number of ether oxygens (including phenoxy) is 2. The number of hydrogen-bond donors (Lipinski definition) is 8. The second-order valence-electron chi connectivity index (χ2n) is 12.0. The zero-order valence-corrected chi connectivity index (χ0v) is 28.3. The van der Waals surface area contributed by atoms with Gasteiger partial charge in [0.15, 0.2) is 0 Å². The smallest absolute Gasteiger partial charge is 0.347 e. The van der Waals surface area contributed by atoms with E-state index < -0.39 is 77.4 Å². The number of carbonyl (C=O) groups is 2. The summed E-state index contributed by atoms with van der Waals surface area (Å²) in [6.45, 7) is 3.34. The van der Waals surface area contributed by atoms with Crippen molar-refractivity contribution in [3.63, 3.8) is 0 Å². The molecule has 5 atom stereocenters. The number of carboxylic acids is 1. The number of carboxylic acid groups (broad SMARTS) is 1. The van der Waals surface area contributed by atoms with Gasteiger partial charge in [0, 0.05) is 6.07 Å². The topological polar surface area (TPSA) is 214 Å². The molecule has 12 heteroatoms. The molecule has 0 amide bonds. The van der Waals surface area contributed by atoms with Gasteiger partial charge in [-0.25, -0.2) is 9.59 Å². The van der Waals surface area contributed by atoms with E-state index in [1.54, 1.807) is 0 Å². The lowest BCUT2D eigenvalue weighted by atomic mass is 9.87. The molecule has 2 aromatic carbocycles. The van der Waals surface area contributed by atoms with Crippen LogP contribution in [0.2, 0.25) is 0 Å². The number of hydrogen-bond acceptors (Lipinski definition) is 11. The SMILES string of the molecule is CCCC=CC=CCCc1cc(OC(=O)c2c(CCC=CC=CCCC)cc(O)c([C@H]3O[C@@H](CO)[C@H](O)[C@@H](O)[C@@H]3O)c2O)cc(O)c1C(=O)O. The van der Waals surface area contributed by atoms with Crippen molar-refractivity contribution in [2.75, 3.05) is 6.61 Å². The summed E-state index contributed by atoms with van der Waals surface area (Å²) in [5, 5.41) is 83.9. The van der Waals surface area contributed by atoms with Crippen molar-refractivity contribution in [2.24, 2.45) is 0 Å². The third-order valence-electron chi connectivity index (χ3n) is 8.22. The first kappa shape index (κ1) is 40.0. The molecule has 1 fully saturated rings. The van der Waals surface area contributed by atoms with Crippen molar-refractivity contribution in [1.82, 2.24) is 0 Å². The zero-order valence-electron chi connectivity index (χ0n) is 28.3. The maximum atomic E-state index is 13.8. The Morgan fingerprint density at radius 2 is 1.28 bits per heavy atom. The second kappa shape index (κ2) is 19.7. The number of aryl methyl sites for hydroxylation is 2. The number of phenolic OH excluding ortho intramolecular Hbond substituents is 2. The highest BCUT2D eigenvalue weighted by Crippen LogP contribution is 2.45. The highest BCUT2D eigenvalue weighted by atomic mass is 16.5. The molecule has 0 spiro atoms. The van der Waals surface area contributed by atoms with Gasteiger partial charge in [0.25, 0.3) is 0 Å². The lowest BCUT2D eigenvalue weighted by Crippen LogP contribution is -2.55. The molecule has 0 bridgehead atoms. The van der Waals surface area contributed by atoms with Crippen LogP contribution in [0.3, 0.4) is 0 Å². The van der Waals surface area contributed by atoms with Gasteiger partial charge in [-0.1, -0.05) is 75.3 Å². The highest BCUT2D eigenvalue weighted by Gasteiger charge is 2.46. The lowest BCUT2D eigenvalue weighted by molar-refractivity contribution is -0.232. The molecule has 0 unspecified atom stereocenters. The van der Waals surface area contributed by atoms with Gasteiger partial charge in [0.1, 0.15) is 64.6 Å². The van der Waals surface area contributed by atoms with E-state index in [0.29, 0.717) is 12.8 Å². The lowest BCUT2D eigenvalue weighted by Gasteiger charge is -2.40. The Hall–Kier alpha value is -4.46. The fourth-order valence-corrected chi connectivity index (χ4v) is 5.60. The van der Waals surface area contributed by atoms with Crippen LogP contribution in [-0.4, -0.2) is 83.8 Å². The quantitative estimate of drug-likeness (QED) is 0.0628. The molecule has 50 heavy (non-hydrogen) atoms. The average molecular weight is 697 g/mol. The van der Waals surface area contributed by atoms with Gasteiger partial charge in [-0.05, 0) is 61.8 Å². The van der Waals surface area contributed by atoms with Gasteiger partial charge >= 0.3 is 11.9 Å². The van der Waals surface area contributed by atoms with E-state index in [2.05, 4.69) is 13.8 Å². The van der Waals surface area contributed by atoms with E-state index in [1.165, 1.54) is 12.1 Å². The molecule has 1 aliphatic rings. The van der Waals surface area contributed by atoms with Crippen LogP contribution in [0.25, 0.3) is 0 Å². The number of benzene rings is 2. The van der Waals surface area contributed by atoms with Crippen molar-refractivity contribution in [1.29, 1.82) is 0 Å². The number of esters is 1. The van der Waals surface area contributed by atoms with Crippen LogP contribution in [-0.2, 0) is 17.6 Å². The minimum absolute atomic E-state index is 0.131. The maximum absolute atomic E-state index is 13.8. The minimum atomic E-state index is -1.88. The van der Waals surface area contributed by atoms with E-state index in [4.69, 9.17) is 9.47 Å². The molecule has 12 nitrogen and oxygen atoms in total. The Labute approximate surface area is 291 Å². The van der Waals surface area contributed by atoms with Crippen molar-refractivity contribution in [2.45, 2.75) is 95.7 Å². The highest BCUT2D eigenvalue weighted by molar-refractivity contribution is 5.97. The van der Waals surface area contributed by atoms with Gasteiger partial charge in [-0.3, -0.25) is 0 Å². The van der Waals surface area contributed by atoms with Crippen molar-refractivity contribution < 1.29 is 59.9 Å². The Balaban J connectivity index is 2.03. The monoisotopic (exact) mass is 696 g/mol. The number of aromatic carboxylic acids is 1. The van der Waals surface area contributed by atoms with E-state index in [0.717, 1.165) is 31.7 Å². The van der Waals surface area contributed by atoms with Crippen LogP contribution in [0.4, 0.5) is 0 Å². The summed E-state index contributed by atoms with van der Waals surface area (Å²) in [6, 6.07) is 3.46. The average Bonchev–Trinajstić information content (AvgIpc) is 3.06. The predicted molar refractivity (Wildman–Crippen MR) is 186 cm³/mol. The van der Waals surface area contributed by atoms with Crippen LogP contribution in [0, 0.1) is 0 Å². The summed E-state index contributed by atoms with van der Waals surface area (Å²) in [6.07, 6.45) is 11.5. The van der Waals surface area contributed by atoms with Crippen molar-refractivity contribution >= 4 is 11.9 Å². The number of carbonyl (C=O) groups excluding carboxylic acids is 1. The molecule has 3 rings (SSSR count). The number of aliphatic hydroxyl groups excluding tert-OH is 4. The predicted octanol–water partition coefficient (Wildman–Crippen LogP) is 4.93. The molecule has 0 radical (unpaired) electrons.